The maximum atomic E-state index is 9.21. The molecule has 5 nitrogen and oxygen atoms in total. The Morgan fingerprint density at radius 3 is 2.02 bits per heavy atom. The Balaban J connectivity index is 1.06. The van der Waals surface area contributed by atoms with E-state index in [0.717, 1.165) is 72.0 Å². The second-order valence-corrected chi connectivity index (χ2v) is 12.2. The van der Waals surface area contributed by atoms with Crippen molar-refractivity contribution in [1.82, 2.24) is 10.2 Å². The number of hydrogen-bond acceptors (Lipinski definition) is 4. The van der Waals surface area contributed by atoms with Gasteiger partial charge in [-0.15, -0.1) is 0 Å². The van der Waals surface area contributed by atoms with Gasteiger partial charge >= 0.3 is 0 Å². The number of dihydropyridines is 1. The van der Waals surface area contributed by atoms with Gasteiger partial charge in [0.15, 0.2) is 0 Å². The summed E-state index contributed by atoms with van der Waals surface area (Å²) < 4.78 is 6.40. The summed E-state index contributed by atoms with van der Waals surface area (Å²) in [5.74, 6) is 0.459. The highest BCUT2D eigenvalue weighted by molar-refractivity contribution is 6.10. The van der Waals surface area contributed by atoms with Crippen molar-refractivity contribution < 1.29 is 4.42 Å². The van der Waals surface area contributed by atoms with Crippen LogP contribution in [-0.4, -0.2) is 23.9 Å². The summed E-state index contributed by atoms with van der Waals surface area (Å²) in [4.78, 5) is 1.93. The first-order valence-electron chi connectivity index (χ1n) is 16.2. The Hall–Kier alpha value is -6.64. The molecule has 0 amide bonds. The minimum absolute atomic E-state index is 0.0509. The fourth-order valence-corrected chi connectivity index (χ4v) is 6.53. The van der Waals surface area contributed by atoms with E-state index in [2.05, 4.69) is 108 Å². The van der Waals surface area contributed by atoms with Gasteiger partial charge in [-0.2, -0.15) is 5.26 Å². The topological polar surface area (TPSA) is 76.1 Å². The Labute approximate surface area is 285 Å². The molecule has 0 aliphatic carbocycles. The average molecular weight is 633 g/mol. The number of allylic oxidation sites excluding steroid dienone is 2. The quantitative estimate of drug-likeness (QED) is 0.141. The van der Waals surface area contributed by atoms with Gasteiger partial charge in [-0.05, 0) is 93.7 Å². The van der Waals surface area contributed by atoms with Crippen molar-refractivity contribution in [3.05, 3.63) is 169 Å². The van der Waals surface area contributed by atoms with E-state index in [1.54, 1.807) is 0 Å². The summed E-state index contributed by atoms with van der Waals surface area (Å²) in [5, 5.41) is 23.4. The molecule has 5 heteroatoms. The number of rotatable bonds is 6. The number of nitriles is 1. The SMILES string of the molecule is CN(C(=N)c1cccc(-c2ccc(-c3cccc(-c4ccc5oc6c(-c7ccc(C#N)cc7)cccc6c5c4)c3)cc2)c1)C1C=CC=CN1. The fourth-order valence-electron chi connectivity index (χ4n) is 6.53. The van der Waals surface area contributed by atoms with Crippen LogP contribution in [0.4, 0.5) is 0 Å². The highest BCUT2D eigenvalue weighted by Gasteiger charge is 2.17. The van der Waals surface area contributed by atoms with Crippen LogP contribution in [0.25, 0.3) is 66.4 Å². The van der Waals surface area contributed by atoms with Crippen molar-refractivity contribution in [3.8, 4) is 50.6 Å². The minimum Gasteiger partial charge on any atom is -0.455 e. The third-order valence-electron chi connectivity index (χ3n) is 9.24. The Morgan fingerprint density at radius 1 is 0.673 bits per heavy atom. The van der Waals surface area contributed by atoms with Crippen molar-refractivity contribution in [3.63, 3.8) is 0 Å². The number of nitrogens with zero attached hydrogens (tertiary/aromatic N) is 2. The molecule has 0 saturated heterocycles. The third kappa shape index (κ3) is 5.66. The van der Waals surface area contributed by atoms with E-state index in [-0.39, 0.29) is 6.17 Å². The van der Waals surface area contributed by atoms with E-state index in [4.69, 9.17) is 9.83 Å². The number of hydrogen-bond donors (Lipinski definition) is 2. The van der Waals surface area contributed by atoms with E-state index >= 15 is 0 Å². The zero-order chi connectivity index (χ0) is 33.3. The van der Waals surface area contributed by atoms with Gasteiger partial charge < -0.3 is 14.6 Å². The van der Waals surface area contributed by atoms with E-state index in [1.165, 1.54) is 0 Å². The fraction of sp³-hybridized carbons (Fsp3) is 0.0455. The van der Waals surface area contributed by atoms with Crippen LogP contribution < -0.4 is 5.32 Å². The molecule has 0 radical (unpaired) electrons. The number of amidine groups is 1. The van der Waals surface area contributed by atoms with Crippen LogP contribution in [0.1, 0.15) is 11.1 Å². The number of benzene rings is 6. The maximum Gasteiger partial charge on any atom is 0.143 e. The minimum atomic E-state index is -0.0509. The maximum absolute atomic E-state index is 9.21. The molecule has 0 fully saturated rings. The predicted octanol–water partition coefficient (Wildman–Crippen LogP) is 10.4. The Bertz CT molecular complexity index is 2460. The van der Waals surface area contributed by atoms with Gasteiger partial charge in [-0.1, -0.05) is 103 Å². The molecule has 49 heavy (non-hydrogen) atoms. The second kappa shape index (κ2) is 12.5. The van der Waals surface area contributed by atoms with Gasteiger partial charge in [-0.3, -0.25) is 5.41 Å². The standard InChI is InChI=1S/C44H32N4O/c1-48(42-13-2-3-24-47-42)44(46)37-10-5-8-34(26-37)31-20-18-30(19-21-31)33-7-4-9-35(25-33)36-22-23-41-40(27-36)39-12-6-11-38(43(39)49-41)32-16-14-29(28-45)15-17-32/h2-27,42,46-47H,1H3. The van der Waals surface area contributed by atoms with Crippen LogP contribution >= 0.6 is 0 Å². The summed E-state index contributed by atoms with van der Waals surface area (Å²) in [7, 11) is 1.93. The lowest BCUT2D eigenvalue weighted by Crippen LogP contribution is -2.44. The molecule has 1 aromatic heterocycles. The molecular weight excluding hydrogens is 601 g/mol. The molecule has 1 aliphatic heterocycles. The van der Waals surface area contributed by atoms with Crippen molar-refractivity contribution in [1.29, 1.82) is 10.7 Å². The summed E-state index contributed by atoms with van der Waals surface area (Å²) in [5.41, 5.74) is 11.9. The molecule has 2 N–H and O–H groups in total. The number of fused-ring (bicyclic) bond motifs is 3. The van der Waals surface area contributed by atoms with Crippen molar-refractivity contribution in [2.45, 2.75) is 6.17 Å². The molecule has 234 valence electrons. The lowest BCUT2D eigenvalue weighted by molar-refractivity contribution is 0.390. The van der Waals surface area contributed by atoms with Gasteiger partial charge in [-0.25, -0.2) is 0 Å². The molecule has 0 bridgehead atoms. The van der Waals surface area contributed by atoms with Crippen LogP contribution in [0.2, 0.25) is 0 Å². The summed E-state index contributed by atoms with van der Waals surface area (Å²) in [6.07, 6.45) is 7.84. The van der Waals surface area contributed by atoms with Crippen LogP contribution in [-0.2, 0) is 0 Å². The molecule has 0 saturated carbocycles. The zero-order valence-electron chi connectivity index (χ0n) is 26.9. The highest BCUT2D eigenvalue weighted by atomic mass is 16.3. The first-order valence-corrected chi connectivity index (χ1v) is 16.2. The third-order valence-corrected chi connectivity index (χ3v) is 9.24. The normalized spacial score (nSPS) is 13.7. The molecule has 1 aliphatic rings. The van der Waals surface area contributed by atoms with Crippen LogP contribution in [0, 0.1) is 16.7 Å². The van der Waals surface area contributed by atoms with E-state index in [0.29, 0.717) is 11.4 Å². The Morgan fingerprint density at radius 2 is 1.31 bits per heavy atom. The van der Waals surface area contributed by atoms with Gasteiger partial charge in [0, 0.05) is 28.9 Å². The number of furan rings is 1. The van der Waals surface area contributed by atoms with Crippen molar-refractivity contribution >= 4 is 27.8 Å². The van der Waals surface area contributed by atoms with Gasteiger partial charge in [0.2, 0.25) is 0 Å². The lowest BCUT2D eigenvalue weighted by Gasteiger charge is -2.29. The van der Waals surface area contributed by atoms with Gasteiger partial charge in [0.25, 0.3) is 0 Å². The van der Waals surface area contributed by atoms with Gasteiger partial charge in [0.1, 0.15) is 23.2 Å². The highest BCUT2D eigenvalue weighted by Crippen LogP contribution is 2.38. The molecule has 7 aromatic rings. The van der Waals surface area contributed by atoms with E-state index in [9.17, 15) is 5.26 Å². The van der Waals surface area contributed by atoms with Crippen LogP contribution in [0.3, 0.4) is 0 Å². The molecule has 8 rings (SSSR count). The number of likely N-dealkylation sites (N-methyl/N-ethyl adjacent to an activating group) is 1. The van der Waals surface area contributed by atoms with Crippen molar-refractivity contribution in [2.75, 3.05) is 7.05 Å². The average Bonchev–Trinajstić information content (AvgIpc) is 3.56. The second-order valence-electron chi connectivity index (χ2n) is 12.2. The van der Waals surface area contributed by atoms with Crippen LogP contribution in [0.15, 0.2) is 162 Å². The number of nitrogens with one attached hydrogen (secondary N) is 2. The molecule has 6 aromatic carbocycles. The first kappa shape index (κ1) is 29.7. The molecule has 0 spiro atoms. The summed E-state index contributed by atoms with van der Waals surface area (Å²) >= 11 is 0. The zero-order valence-corrected chi connectivity index (χ0v) is 26.9. The number of para-hydroxylation sites is 1. The molecular formula is C44H32N4O. The van der Waals surface area contributed by atoms with E-state index < -0.39 is 0 Å². The van der Waals surface area contributed by atoms with Crippen molar-refractivity contribution in [2.24, 2.45) is 0 Å². The molecule has 1 unspecified atom stereocenters. The smallest absolute Gasteiger partial charge is 0.143 e. The predicted molar refractivity (Wildman–Crippen MR) is 200 cm³/mol. The largest absolute Gasteiger partial charge is 0.455 e. The summed E-state index contributed by atoms with van der Waals surface area (Å²) in [6, 6.07) is 47.9. The monoisotopic (exact) mass is 632 g/mol. The molecule has 2 heterocycles. The summed E-state index contributed by atoms with van der Waals surface area (Å²) in [6.45, 7) is 0. The van der Waals surface area contributed by atoms with Crippen LogP contribution in [0.5, 0.6) is 0 Å². The lowest BCUT2D eigenvalue weighted by atomic mass is 9.96. The first-order chi connectivity index (χ1) is 24.1. The molecule has 1 atom stereocenters. The Kier molecular flexibility index (Phi) is 7.60. The van der Waals surface area contributed by atoms with Gasteiger partial charge in [0.05, 0.1) is 11.6 Å². The van der Waals surface area contributed by atoms with E-state index in [1.807, 2.05) is 72.8 Å².